The van der Waals surface area contributed by atoms with E-state index in [1.165, 1.54) is 44.9 Å². The van der Waals surface area contributed by atoms with Crippen LogP contribution in [-0.2, 0) is 42.5 Å². The minimum atomic E-state index is -4.43. The number of aliphatic hydroxyl groups excluding tert-OH is 1. The zero-order chi connectivity index (χ0) is 40.7. The van der Waals surface area contributed by atoms with E-state index in [2.05, 4.69) is 38.2 Å². The second kappa shape index (κ2) is 32.0. The molecule has 7 atom stereocenters. The Bertz CT molecular complexity index is 1160. The lowest BCUT2D eigenvalue weighted by atomic mass is 9.89. The molecule has 0 radical (unpaired) electrons. The normalized spacial score (nSPS) is 21.7. The molecule has 2 fully saturated rings. The van der Waals surface area contributed by atoms with Crippen LogP contribution in [0, 0.1) is 11.8 Å². The summed E-state index contributed by atoms with van der Waals surface area (Å²) in [5.74, 6) is -0.518. The second-order valence-electron chi connectivity index (χ2n) is 15.3. The summed E-state index contributed by atoms with van der Waals surface area (Å²) in [5.41, 5.74) is 5.35. The van der Waals surface area contributed by atoms with Gasteiger partial charge in [0.05, 0.1) is 25.4 Å². The Balaban J connectivity index is 1.67. The van der Waals surface area contributed by atoms with Crippen molar-refractivity contribution in [2.45, 2.75) is 186 Å². The number of hydrogen-bond acceptors (Lipinski definition) is 11. The SMILES string of the molecule is CCCCCCCC/C=C\CCCCCCCC(=O)OCC(COP(=O)(O)OCCN)OC(=O)CCC/C=C\CC1C2CC(OO2)C1/C=C/C(O)CCCCC. The number of fused-ring (bicyclic) bond motifs is 2. The molecule has 0 amide bonds. The maximum atomic E-state index is 12.7. The first-order chi connectivity index (χ1) is 27.2. The van der Waals surface area contributed by atoms with Crippen LogP contribution in [0.5, 0.6) is 0 Å². The number of carbonyl (C=O) groups excluding carboxylic acids is 2. The molecule has 0 spiro atoms. The summed E-state index contributed by atoms with van der Waals surface area (Å²) in [6, 6.07) is 0. The molecule has 56 heavy (non-hydrogen) atoms. The maximum absolute atomic E-state index is 12.7. The first kappa shape index (κ1) is 50.3. The molecule has 2 aliphatic rings. The number of allylic oxidation sites excluding steroid dienone is 4. The number of esters is 2. The topological polar surface area (TPSA) is 173 Å². The molecule has 12 nitrogen and oxygen atoms in total. The van der Waals surface area contributed by atoms with Crippen LogP contribution < -0.4 is 5.73 Å². The molecule has 1 heterocycles. The Morgan fingerprint density at radius 2 is 1.38 bits per heavy atom. The summed E-state index contributed by atoms with van der Waals surface area (Å²) < 4.78 is 32.8. The highest BCUT2D eigenvalue weighted by atomic mass is 31.2. The second-order valence-corrected chi connectivity index (χ2v) is 16.8. The van der Waals surface area contributed by atoms with Gasteiger partial charge in [-0.05, 0) is 57.8 Å². The summed E-state index contributed by atoms with van der Waals surface area (Å²) in [5, 5.41) is 10.3. The minimum Gasteiger partial charge on any atom is -0.462 e. The standard InChI is InChI=1S/C43H76NO11P/c1-3-5-7-8-9-10-11-12-13-14-15-16-17-18-23-27-42(46)50-34-37(35-52-56(48,49)51-32-31-44)53-43(47)28-24-20-19-22-26-38-39(41-33-40(38)54-55-41)30-29-36(45)25-21-6-4-2/h12-13,19,22,29-30,36-41,45H,3-11,14-18,20-21,23-28,31-35,44H2,1-2H3,(H,48,49)/b13-12-,22-19-,30-29+. The van der Waals surface area contributed by atoms with Crippen molar-refractivity contribution in [2.75, 3.05) is 26.4 Å². The van der Waals surface area contributed by atoms with Crippen LogP contribution in [0.15, 0.2) is 36.5 Å². The van der Waals surface area contributed by atoms with Gasteiger partial charge in [0.1, 0.15) is 12.7 Å². The van der Waals surface area contributed by atoms with Gasteiger partial charge < -0.3 is 25.2 Å². The quantitative estimate of drug-likeness (QED) is 0.0180. The predicted molar refractivity (Wildman–Crippen MR) is 219 cm³/mol. The number of aliphatic hydroxyl groups is 1. The fourth-order valence-electron chi connectivity index (χ4n) is 7.05. The number of ether oxygens (including phenoxy) is 2. The Kier molecular flexibility index (Phi) is 28.7. The number of hydrogen-bond donors (Lipinski definition) is 3. The van der Waals surface area contributed by atoms with Crippen molar-refractivity contribution >= 4 is 19.8 Å². The van der Waals surface area contributed by atoms with Crippen molar-refractivity contribution in [3.8, 4) is 0 Å². The molecule has 7 unspecified atom stereocenters. The van der Waals surface area contributed by atoms with Crippen LogP contribution in [0.25, 0.3) is 0 Å². The molecule has 1 aliphatic carbocycles. The van der Waals surface area contributed by atoms with Gasteiger partial charge in [0, 0.05) is 37.6 Å². The van der Waals surface area contributed by atoms with Crippen molar-refractivity contribution in [1.82, 2.24) is 0 Å². The number of carbonyl (C=O) groups is 2. The predicted octanol–water partition coefficient (Wildman–Crippen LogP) is 9.52. The average Bonchev–Trinajstić information content (AvgIpc) is 3.79. The summed E-state index contributed by atoms with van der Waals surface area (Å²) in [6.45, 7) is 3.46. The molecular formula is C43H76NO11P. The van der Waals surface area contributed by atoms with Crippen molar-refractivity contribution in [3.05, 3.63) is 36.5 Å². The van der Waals surface area contributed by atoms with E-state index < -0.39 is 38.6 Å². The molecular weight excluding hydrogens is 737 g/mol. The van der Waals surface area contributed by atoms with Gasteiger partial charge in [-0.2, -0.15) is 0 Å². The lowest BCUT2D eigenvalue weighted by Gasteiger charge is -2.27. The molecule has 13 heteroatoms. The maximum Gasteiger partial charge on any atom is 0.472 e. The van der Waals surface area contributed by atoms with E-state index in [0.717, 1.165) is 70.6 Å². The summed E-state index contributed by atoms with van der Waals surface area (Å²) in [6.07, 6.45) is 33.5. The Morgan fingerprint density at radius 1 is 0.768 bits per heavy atom. The van der Waals surface area contributed by atoms with Gasteiger partial charge in [0.25, 0.3) is 0 Å². The van der Waals surface area contributed by atoms with E-state index in [1.54, 1.807) is 0 Å². The van der Waals surface area contributed by atoms with Gasteiger partial charge in [0.15, 0.2) is 6.10 Å². The van der Waals surface area contributed by atoms with Crippen LogP contribution >= 0.6 is 7.82 Å². The van der Waals surface area contributed by atoms with Gasteiger partial charge in [-0.1, -0.05) is 121 Å². The van der Waals surface area contributed by atoms with Crippen molar-refractivity contribution in [3.63, 3.8) is 0 Å². The Hall–Kier alpha value is -1.89. The molecule has 0 aromatic carbocycles. The molecule has 1 aliphatic heterocycles. The highest BCUT2D eigenvalue weighted by Crippen LogP contribution is 2.45. The largest absolute Gasteiger partial charge is 0.472 e. The smallest absolute Gasteiger partial charge is 0.462 e. The molecule has 324 valence electrons. The van der Waals surface area contributed by atoms with E-state index >= 15 is 0 Å². The van der Waals surface area contributed by atoms with Crippen LogP contribution in [0.1, 0.15) is 162 Å². The van der Waals surface area contributed by atoms with Crippen molar-refractivity contribution in [2.24, 2.45) is 17.6 Å². The summed E-state index contributed by atoms with van der Waals surface area (Å²) in [4.78, 5) is 46.1. The monoisotopic (exact) mass is 814 g/mol. The van der Waals surface area contributed by atoms with Crippen LogP contribution in [-0.4, -0.2) is 72.7 Å². The van der Waals surface area contributed by atoms with Gasteiger partial charge in [-0.15, -0.1) is 0 Å². The molecule has 4 N–H and O–H groups in total. The van der Waals surface area contributed by atoms with Crippen molar-refractivity contribution < 1.29 is 52.5 Å². The third kappa shape index (κ3) is 24.1. The van der Waals surface area contributed by atoms with Crippen LogP contribution in [0.3, 0.4) is 0 Å². The minimum absolute atomic E-state index is 0.00221. The Morgan fingerprint density at radius 3 is 2.09 bits per heavy atom. The van der Waals surface area contributed by atoms with Crippen LogP contribution in [0.4, 0.5) is 0 Å². The zero-order valence-electron chi connectivity index (χ0n) is 34.6. The summed E-state index contributed by atoms with van der Waals surface area (Å²) in [7, 11) is -4.43. The van der Waals surface area contributed by atoms with E-state index in [-0.39, 0.29) is 56.6 Å². The molecule has 0 aromatic rings. The zero-order valence-corrected chi connectivity index (χ0v) is 35.5. The fraction of sp³-hybridized carbons (Fsp3) is 0.814. The lowest BCUT2D eigenvalue weighted by molar-refractivity contribution is -0.336. The highest BCUT2D eigenvalue weighted by Gasteiger charge is 2.49. The van der Waals surface area contributed by atoms with Gasteiger partial charge in [-0.25, -0.2) is 14.3 Å². The Labute approximate surface area is 337 Å². The van der Waals surface area contributed by atoms with Gasteiger partial charge in [-0.3, -0.25) is 18.6 Å². The number of phosphoric acid groups is 1. The fourth-order valence-corrected chi connectivity index (χ4v) is 7.82. The van der Waals surface area contributed by atoms with E-state index in [0.29, 0.717) is 19.3 Å². The highest BCUT2D eigenvalue weighted by molar-refractivity contribution is 7.47. The molecule has 1 saturated carbocycles. The van der Waals surface area contributed by atoms with E-state index in [1.807, 2.05) is 12.2 Å². The van der Waals surface area contributed by atoms with E-state index in [9.17, 15) is 24.2 Å². The molecule has 2 rings (SSSR count). The average molecular weight is 814 g/mol. The van der Waals surface area contributed by atoms with Gasteiger partial charge >= 0.3 is 19.8 Å². The molecule has 2 bridgehead atoms. The summed E-state index contributed by atoms with van der Waals surface area (Å²) >= 11 is 0. The molecule has 1 saturated heterocycles. The third-order valence-electron chi connectivity index (χ3n) is 10.3. The number of phosphoric ester groups is 1. The van der Waals surface area contributed by atoms with E-state index in [4.69, 9.17) is 34.0 Å². The first-order valence-corrected chi connectivity index (χ1v) is 23.3. The lowest BCUT2D eigenvalue weighted by Crippen LogP contribution is -2.29. The number of rotatable bonds is 36. The van der Waals surface area contributed by atoms with Gasteiger partial charge in [0.2, 0.25) is 0 Å². The third-order valence-corrected chi connectivity index (χ3v) is 11.3. The first-order valence-electron chi connectivity index (χ1n) is 21.8. The number of nitrogens with two attached hydrogens (primary N) is 1. The molecule has 0 aromatic heterocycles. The van der Waals surface area contributed by atoms with Crippen LogP contribution in [0.2, 0.25) is 0 Å². The van der Waals surface area contributed by atoms with Crippen molar-refractivity contribution in [1.29, 1.82) is 0 Å². The number of unbranched alkanes of at least 4 members (excludes halogenated alkanes) is 14.